The largest absolute Gasteiger partial charge is 0.387 e. The third kappa shape index (κ3) is 1.77. The van der Waals surface area contributed by atoms with Crippen LogP contribution in [0.3, 0.4) is 0 Å². The van der Waals surface area contributed by atoms with E-state index in [2.05, 4.69) is 0 Å². The van der Waals surface area contributed by atoms with Crippen molar-refractivity contribution in [2.75, 3.05) is 14.2 Å². The van der Waals surface area contributed by atoms with Crippen molar-refractivity contribution in [3.63, 3.8) is 0 Å². The third-order valence-electron chi connectivity index (χ3n) is 2.59. The first-order chi connectivity index (χ1) is 6.54. The zero-order valence-electron chi connectivity index (χ0n) is 8.07. The van der Waals surface area contributed by atoms with E-state index >= 15 is 0 Å². The molecule has 0 saturated heterocycles. The van der Waals surface area contributed by atoms with Crippen molar-refractivity contribution in [2.45, 2.75) is 36.6 Å². The van der Waals surface area contributed by atoms with E-state index in [4.69, 9.17) is 9.47 Å². The molecule has 4 N–H and O–H groups in total. The second-order valence-electron chi connectivity index (χ2n) is 3.36. The van der Waals surface area contributed by atoms with Crippen molar-refractivity contribution in [3.05, 3.63) is 0 Å². The molecule has 0 spiro atoms. The van der Waals surface area contributed by atoms with E-state index in [9.17, 15) is 20.4 Å². The van der Waals surface area contributed by atoms with Gasteiger partial charge < -0.3 is 29.9 Å². The van der Waals surface area contributed by atoms with Crippen LogP contribution in [-0.2, 0) is 9.47 Å². The Labute approximate surface area is 81.7 Å². The minimum atomic E-state index is -1.38. The Morgan fingerprint density at radius 1 is 0.643 bits per heavy atom. The van der Waals surface area contributed by atoms with Gasteiger partial charge in [-0.05, 0) is 0 Å². The van der Waals surface area contributed by atoms with Gasteiger partial charge in [-0.3, -0.25) is 0 Å². The first-order valence-electron chi connectivity index (χ1n) is 4.32. The van der Waals surface area contributed by atoms with Gasteiger partial charge in [0.25, 0.3) is 0 Å². The minimum absolute atomic E-state index is 0.960. The van der Waals surface area contributed by atoms with Crippen LogP contribution in [0.4, 0.5) is 0 Å². The van der Waals surface area contributed by atoms with Crippen LogP contribution >= 0.6 is 0 Å². The quantitative estimate of drug-likeness (QED) is 0.399. The zero-order chi connectivity index (χ0) is 10.9. The maximum Gasteiger partial charge on any atom is 0.114 e. The molecule has 0 aromatic heterocycles. The molecule has 0 amide bonds. The van der Waals surface area contributed by atoms with Crippen molar-refractivity contribution in [1.82, 2.24) is 0 Å². The highest BCUT2D eigenvalue weighted by atomic mass is 16.5. The van der Waals surface area contributed by atoms with Crippen LogP contribution in [0.25, 0.3) is 0 Å². The van der Waals surface area contributed by atoms with Crippen LogP contribution < -0.4 is 0 Å². The van der Waals surface area contributed by atoms with E-state index < -0.39 is 36.6 Å². The van der Waals surface area contributed by atoms with Gasteiger partial charge in [0.1, 0.15) is 36.6 Å². The van der Waals surface area contributed by atoms with Crippen LogP contribution in [-0.4, -0.2) is 71.3 Å². The number of hydrogen-bond acceptors (Lipinski definition) is 6. The van der Waals surface area contributed by atoms with Crippen molar-refractivity contribution < 1.29 is 29.9 Å². The highest BCUT2D eigenvalue weighted by molar-refractivity contribution is 4.99. The van der Waals surface area contributed by atoms with Gasteiger partial charge in [0.2, 0.25) is 0 Å². The molecule has 14 heavy (non-hydrogen) atoms. The maximum atomic E-state index is 9.61. The van der Waals surface area contributed by atoms with Crippen LogP contribution in [0.2, 0.25) is 0 Å². The Hall–Kier alpha value is -0.240. The molecule has 0 heterocycles. The molecular formula is C8H16O6. The highest BCUT2D eigenvalue weighted by Gasteiger charge is 2.49. The molecule has 0 aromatic carbocycles. The number of methoxy groups -OCH3 is 2. The minimum Gasteiger partial charge on any atom is -0.387 e. The van der Waals surface area contributed by atoms with Gasteiger partial charge in [0.15, 0.2) is 0 Å². The van der Waals surface area contributed by atoms with Crippen LogP contribution in [0, 0.1) is 0 Å². The lowest BCUT2D eigenvalue weighted by Crippen LogP contribution is -2.64. The predicted octanol–water partition coefficient (Wildman–Crippen LogP) is -2.53. The Morgan fingerprint density at radius 2 is 1.00 bits per heavy atom. The van der Waals surface area contributed by atoms with Gasteiger partial charge in [-0.2, -0.15) is 0 Å². The number of hydrogen-bond donors (Lipinski definition) is 4. The summed E-state index contributed by atoms with van der Waals surface area (Å²) in [5.41, 5.74) is 0. The van der Waals surface area contributed by atoms with Crippen molar-refractivity contribution in [2.24, 2.45) is 0 Å². The van der Waals surface area contributed by atoms with Gasteiger partial charge >= 0.3 is 0 Å². The van der Waals surface area contributed by atoms with E-state index in [1.54, 1.807) is 0 Å². The lowest BCUT2D eigenvalue weighted by molar-refractivity contribution is -0.235. The molecule has 0 aromatic rings. The van der Waals surface area contributed by atoms with Crippen molar-refractivity contribution in [3.8, 4) is 0 Å². The molecule has 1 rings (SSSR count). The van der Waals surface area contributed by atoms with Gasteiger partial charge in [-0.15, -0.1) is 0 Å². The van der Waals surface area contributed by atoms with Crippen LogP contribution in [0.15, 0.2) is 0 Å². The average Bonchev–Trinajstić information content (AvgIpc) is 2.16. The lowest BCUT2D eigenvalue weighted by Gasteiger charge is -2.42. The Morgan fingerprint density at radius 3 is 1.29 bits per heavy atom. The van der Waals surface area contributed by atoms with E-state index in [0.29, 0.717) is 0 Å². The van der Waals surface area contributed by atoms with Crippen molar-refractivity contribution in [1.29, 1.82) is 0 Å². The summed E-state index contributed by atoms with van der Waals surface area (Å²) in [6.45, 7) is 0. The first-order valence-corrected chi connectivity index (χ1v) is 4.32. The summed E-state index contributed by atoms with van der Waals surface area (Å²) < 4.78 is 9.63. The summed E-state index contributed by atoms with van der Waals surface area (Å²) in [7, 11) is 2.60. The SMILES string of the molecule is COC1C(O)[C@H](OC)C(O)C(O)[C@@H]1O. The number of rotatable bonds is 2. The van der Waals surface area contributed by atoms with E-state index in [1.165, 1.54) is 14.2 Å². The highest BCUT2D eigenvalue weighted by Crippen LogP contribution is 2.24. The first kappa shape index (κ1) is 11.8. The van der Waals surface area contributed by atoms with Crippen molar-refractivity contribution >= 4 is 0 Å². The fourth-order valence-electron chi connectivity index (χ4n) is 1.74. The molecule has 0 aliphatic heterocycles. The zero-order valence-corrected chi connectivity index (χ0v) is 8.07. The number of aliphatic hydroxyl groups excluding tert-OH is 4. The van der Waals surface area contributed by atoms with Gasteiger partial charge in [0.05, 0.1) is 0 Å². The second kappa shape index (κ2) is 4.52. The molecule has 1 aliphatic rings. The molecule has 84 valence electrons. The molecular weight excluding hydrogens is 192 g/mol. The molecule has 0 radical (unpaired) electrons. The maximum absolute atomic E-state index is 9.61. The molecule has 1 fully saturated rings. The predicted molar refractivity (Wildman–Crippen MR) is 45.6 cm³/mol. The van der Waals surface area contributed by atoms with E-state index in [-0.39, 0.29) is 0 Å². The topological polar surface area (TPSA) is 99.4 Å². The smallest absolute Gasteiger partial charge is 0.114 e. The van der Waals surface area contributed by atoms with Gasteiger partial charge in [-0.25, -0.2) is 0 Å². The van der Waals surface area contributed by atoms with E-state index in [1.807, 2.05) is 0 Å². The monoisotopic (exact) mass is 208 g/mol. The molecule has 1 aliphatic carbocycles. The fraction of sp³-hybridized carbons (Fsp3) is 1.00. The van der Waals surface area contributed by atoms with Gasteiger partial charge in [-0.1, -0.05) is 0 Å². The Balaban J connectivity index is 2.82. The van der Waals surface area contributed by atoms with Gasteiger partial charge in [0, 0.05) is 14.2 Å². The van der Waals surface area contributed by atoms with Crippen LogP contribution in [0.5, 0.6) is 0 Å². The van der Waals surface area contributed by atoms with Crippen LogP contribution in [0.1, 0.15) is 0 Å². The standard InChI is InChI=1S/C8H16O6/c1-13-7-4(10)3(9)5(11)8(14-2)6(7)12/h3-12H,1-2H3/t3?,4-,5?,6?,7?,8+/m0/s1. The summed E-state index contributed by atoms with van der Waals surface area (Å²) in [5.74, 6) is 0. The summed E-state index contributed by atoms with van der Waals surface area (Å²) >= 11 is 0. The Bertz CT molecular complexity index is 169. The molecule has 1 saturated carbocycles. The Kier molecular flexibility index (Phi) is 3.82. The summed E-state index contributed by atoms with van der Waals surface area (Å²) in [6.07, 6.45) is -7.11. The summed E-state index contributed by atoms with van der Waals surface area (Å²) in [4.78, 5) is 0. The number of ether oxygens (including phenoxy) is 2. The van der Waals surface area contributed by atoms with E-state index in [0.717, 1.165) is 0 Å². The molecule has 6 atom stereocenters. The molecule has 6 heteroatoms. The summed E-state index contributed by atoms with van der Waals surface area (Å²) in [6, 6.07) is 0. The molecule has 4 unspecified atom stereocenters. The summed E-state index contributed by atoms with van der Waals surface area (Å²) in [5, 5.41) is 37.9. The second-order valence-corrected chi connectivity index (χ2v) is 3.36. The molecule has 0 bridgehead atoms. The average molecular weight is 208 g/mol. The lowest BCUT2D eigenvalue weighted by atomic mass is 9.85. The normalized spacial score (nSPS) is 49.3. The fourth-order valence-corrected chi connectivity index (χ4v) is 1.74. The molecule has 6 nitrogen and oxygen atoms in total. The third-order valence-corrected chi connectivity index (χ3v) is 2.59. The number of aliphatic hydroxyl groups is 4.